The Morgan fingerprint density at radius 1 is 1.10 bits per heavy atom. The molecule has 0 atom stereocenters. The quantitative estimate of drug-likeness (QED) is 0.422. The van der Waals surface area contributed by atoms with Gasteiger partial charge in [0.05, 0.1) is 16.3 Å². The van der Waals surface area contributed by atoms with Gasteiger partial charge in [0, 0.05) is 6.54 Å². The van der Waals surface area contributed by atoms with Crippen LogP contribution in [0, 0.1) is 0 Å². The molecule has 0 saturated carbocycles. The van der Waals surface area contributed by atoms with Gasteiger partial charge in [-0.05, 0) is 29.3 Å². The minimum Gasteiger partial charge on any atom is -0.418 e. The van der Waals surface area contributed by atoms with Gasteiger partial charge in [-0.15, -0.1) is 38.0 Å². The largest absolute Gasteiger partial charge is 0.437 e. The summed E-state index contributed by atoms with van der Waals surface area (Å²) in [7, 11) is 0. The van der Waals surface area contributed by atoms with Crippen LogP contribution in [-0.2, 0) is 17.9 Å². The van der Waals surface area contributed by atoms with Crippen molar-refractivity contribution < 1.29 is 13.6 Å². The Balaban J connectivity index is 1.47. The topological polar surface area (TPSA) is 107 Å². The average molecular weight is 431 g/mol. The van der Waals surface area contributed by atoms with Gasteiger partial charge in [0.1, 0.15) is 6.54 Å². The number of carbonyl (C=O) groups excluding carboxylic acids is 1. The maximum absolute atomic E-state index is 12.8. The van der Waals surface area contributed by atoms with Gasteiger partial charge in [-0.2, -0.15) is 4.68 Å². The third kappa shape index (κ3) is 4.35. The van der Waals surface area contributed by atoms with Crippen molar-refractivity contribution >= 4 is 28.6 Å². The van der Waals surface area contributed by atoms with Gasteiger partial charge in [0.15, 0.2) is 0 Å². The second kappa shape index (κ2) is 8.53. The fourth-order valence-corrected chi connectivity index (χ4v) is 3.96. The molecular formula is C18H17N5O4S2. The Morgan fingerprint density at radius 3 is 2.48 bits per heavy atom. The van der Waals surface area contributed by atoms with Gasteiger partial charge in [0.2, 0.25) is 11.8 Å². The van der Waals surface area contributed by atoms with E-state index in [9.17, 15) is 9.59 Å². The monoisotopic (exact) mass is 431 g/mol. The summed E-state index contributed by atoms with van der Waals surface area (Å²) in [6.07, 6.45) is 0.742. The number of carbonyl (C=O) groups is 1. The standard InChI is InChI=1S/C18H17N5O4S2/c1-2-7-22(10-14-19-20-16(26-14)12-5-3-8-28-12)15(24)11-23-18(25)27-17(21-23)13-6-4-9-29-13/h3-6,8-9H,2,7,10-11H2,1H3. The number of amides is 1. The first-order valence-corrected chi connectivity index (χ1v) is 10.7. The van der Waals surface area contributed by atoms with Crippen molar-refractivity contribution in [2.45, 2.75) is 26.4 Å². The van der Waals surface area contributed by atoms with Crippen LogP contribution in [0.2, 0.25) is 0 Å². The minimum absolute atomic E-state index is 0.162. The molecule has 0 radical (unpaired) electrons. The van der Waals surface area contributed by atoms with E-state index in [1.54, 1.807) is 11.0 Å². The van der Waals surface area contributed by atoms with E-state index in [-0.39, 0.29) is 24.9 Å². The van der Waals surface area contributed by atoms with E-state index < -0.39 is 5.76 Å². The van der Waals surface area contributed by atoms with Crippen molar-refractivity contribution in [1.82, 2.24) is 24.9 Å². The molecule has 0 spiro atoms. The Labute approximate surface area is 173 Å². The normalized spacial score (nSPS) is 11.1. The smallest absolute Gasteiger partial charge is 0.418 e. The van der Waals surface area contributed by atoms with Crippen LogP contribution in [-0.4, -0.2) is 37.3 Å². The lowest BCUT2D eigenvalue weighted by Gasteiger charge is -2.19. The van der Waals surface area contributed by atoms with E-state index in [1.807, 2.05) is 35.9 Å². The second-order valence-electron chi connectivity index (χ2n) is 6.10. The SMILES string of the molecule is CCCN(Cc1nnc(-c2cccs2)o1)C(=O)Cn1nc(-c2cccs2)oc1=O. The summed E-state index contributed by atoms with van der Waals surface area (Å²) >= 11 is 2.90. The molecule has 29 heavy (non-hydrogen) atoms. The summed E-state index contributed by atoms with van der Waals surface area (Å²) in [6.45, 7) is 2.39. The molecule has 150 valence electrons. The molecule has 0 aliphatic carbocycles. The van der Waals surface area contributed by atoms with E-state index in [0.29, 0.717) is 18.3 Å². The molecule has 0 aliphatic heterocycles. The van der Waals surface area contributed by atoms with Crippen LogP contribution in [0.1, 0.15) is 19.2 Å². The van der Waals surface area contributed by atoms with E-state index in [0.717, 1.165) is 20.9 Å². The molecule has 4 aromatic heterocycles. The molecule has 11 heteroatoms. The molecule has 0 aliphatic rings. The molecule has 4 heterocycles. The molecular weight excluding hydrogens is 414 g/mol. The van der Waals surface area contributed by atoms with Crippen molar-refractivity contribution in [1.29, 1.82) is 0 Å². The maximum atomic E-state index is 12.8. The summed E-state index contributed by atoms with van der Waals surface area (Å²) in [6, 6.07) is 7.42. The first kappa shape index (κ1) is 19.3. The first-order valence-electron chi connectivity index (χ1n) is 8.90. The van der Waals surface area contributed by atoms with Crippen molar-refractivity contribution in [2.75, 3.05) is 6.54 Å². The van der Waals surface area contributed by atoms with E-state index in [4.69, 9.17) is 8.83 Å². The molecule has 4 rings (SSSR count). The van der Waals surface area contributed by atoms with Crippen LogP contribution in [0.5, 0.6) is 0 Å². The molecule has 9 nitrogen and oxygen atoms in total. The fourth-order valence-electron chi connectivity index (χ4n) is 2.68. The number of aromatic nitrogens is 4. The zero-order valence-corrected chi connectivity index (χ0v) is 17.1. The first-order chi connectivity index (χ1) is 14.1. The number of nitrogens with zero attached hydrogens (tertiary/aromatic N) is 5. The highest BCUT2D eigenvalue weighted by atomic mass is 32.1. The highest BCUT2D eigenvalue weighted by Crippen LogP contribution is 2.23. The van der Waals surface area contributed by atoms with Crippen LogP contribution in [0.15, 0.2) is 48.7 Å². The van der Waals surface area contributed by atoms with Crippen molar-refractivity contribution in [3.63, 3.8) is 0 Å². The predicted octanol–water partition coefficient (Wildman–Crippen LogP) is 3.12. The number of thiophene rings is 2. The van der Waals surface area contributed by atoms with Crippen LogP contribution < -0.4 is 5.76 Å². The van der Waals surface area contributed by atoms with Crippen LogP contribution >= 0.6 is 22.7 Å². The lowest BCUT2D eigenvalue weighted by Crippen LogP contribution is -2.36. The fraction of sp³-hybridized carbons (Fsp3) is 0.278. The van der Waals surface area contributed by atoms with Gasteiger partial charge in [0.25, 0.3) is 11.8 Å². The van der Waals surface area contributed by atoms with Gasteiger partial charge in [-0.3, -0.25) is 4.79 Å². The Hall–Kier alpha value is -3.05. The third-order valence-electron chi connectivity index (χ3n) is 3.99. The lowest BCUT2D eigenvalue weighted by molar-refractivity contribution is -0.133. The molecule has 0 unspecified atom stereocenters. The summed E-state index contributed by atoms with van der Waals surface area (Å²) in [5, 5.41) is 16.0. The molecule has 0 fully saturated rings. The van der Waals surface area contributed by atoms with Gasteiger partial charge in [-0.1, -0.05) is 19.1 Å². The van der Waals surface area contributed by atoms with E-state index in [1.165, 1.54) is 22.7 Å². The van der Waals surface area contributed by atoms with Crippen molar-refractivity contribution in [2.24, 2.45) is 0 Å². The Kier molecular flexibility index (Phi) is 5.67. The number of rotatable bonds is 8. The van der Waals surface area contributed by atoms with Crippen molar-refractivity contribution in [3.05, 3.63) is 51.5 Å². The lowest BCUT2D eigenvalue weighted by atomic mass is 10.3. The molecule has 4 aromatic rings. The minimum atomic E-state index is -0.670. The Bertz CT molecular complexity index is 1130. The zero-order chi connectivity index (χ0) is 20.2. The van der Waals surface area contributed by atoms with Gasteiger partial charge < -0.3 is 13.7 Å². The van der Waals surface area contributed by atoms with E-state index >= 15 is 0 Å². The highest BCUT2D eigenvalue weighted by Gasteiger charge is 2.21. The molecule has 0 aromatic carbocycles. The summed E-state index contributed by atoms with van der Waals surface area (Å²) < 4.78 is 11.9. The number of hydrogen-bond donors (Lipinski definition) is 0. The molecule has 0 saturated heterocycles. The third-order valence-corrected chi connectivity index (χ3v) is 5.71. The molecule has 0 N–H and O–H groups in total. The van der Waals surface area contributed by atoms with E-state index in [2.05, 4.69) is 15.3 Å². The van der Waals surface area contributed by atoms with Gasteiger partial charge in [-0.25, -0.2) is 4.79 Å². The van der Waals surface area contributed by atoms with Gasteiger partial charge >= 0.3 is 5.76 Å². The van der Waals surface area contributed by atoms with Crippen LogP contribution in [0.3, 0.4) is 0 Å². The average Bonchev–Trinajstić information content (AvgIpc) is 3.49. The van der Waals surface area contributed by atoms with Crippen molar-refractivity contribution in [3.8, 4) is 21.5 Å². The highest BCUT2D eigenvalue weighted by molar-refractivity contribution is 7.13. The zero-order valence-electron chi connectivity index (χ0n) is 15.5. The van der Waals surface area contributed by atoms with Crippen LogP contribution in [0.25, 0.3) is 21.5 Å². The number of hydrogen-bond acceptors (Lipinski definition) is 9. The molecule has 0 bridgehead atoms. The summed E-state index contributed by atoms with van der Waals surface area (Å²) in [5.41, 5.74) is 0. The molecule has 1 amide bonds. The van der Waals surface area contributed by atoms with Crippen LogP contribution in [0.4, 0.5) is 0 Å². The summed E-state index contributed by atoms with van der Waals surface area (Å²) in [4.78, 5) is 28.0. The summed E-state index contributed by atoms with van der Waals surface area (Å²) in [5.74, 6) is 0.0124. The predicted molar refractivity (Wildman–Crippen MR) is 107 cm³/mol. The second-order valence-corrected chi connectivity index (χ2v) is 8.00. The Morgan fingerprint density at radius 2 is 1.83 bits per heavy atom. The maximum Gasteiger partial charge on any atom is 0.437 e.